The first-order valence-corrected chi connectivity index (χ1v) is 6.76. The van der Waals surface area contributed by atoms with E-state index in [1.165, 1.54) is 6.42 Å². The van der Waals surface area contributed by atoms with Gasteiger partial charge in [-0.1, -0.05) is 26.0 Å². The number of nitrogens with zero attached hydrogens (tertiary/aromatic N) is 3. The fourth-order valence-electron chi connectivity index (χ4n) is 2.02. The van der Waals surface area contributed by atoms with Gasteiger partial charge in [0, 0.05) is 5.39 Å². The highest BCUT2D eigenvalue weighted by Crippen LogP contribution is 2.17. The van der Waals surface area contributed by atoms with Gasteiger partial charge in [0.05, 0.1) is 12.1 Å². The van der Waals surface area contributed by atoms with Crippen molar-refractivity contribution in [3.8, 4) is 0 Å². The molecule has 1 aromatic heterocycles. The van der Waals surface area contributed by atoms with Crippen molar-refractivity contribution in [1.82, 2.24) is 14.9 Å². The van der Waals surface area contributed by atoms with Gasteiger partial charge in [-0.3, -0.25) is 4.90 Å². The third-order valence-corrected chi connectivity index (χ3v) is 3.18. The quantitative estimate of drug-likeness (QED) is 0.896. The van der Waals surface area contributed by atoms with Gasteiger partial charge in [-0.25, -0.2) is 9.97 Å². The first-order valence-electron chi connectivity index (χ1n) is 6.76. The lowest BCUT2D eigenvalue weighted by Gasteiger charge is -2.17. The van der Waals surface area contributed by atoms with Crippen LogP contribution in [0.25, 0.3) is 10.9 Å². The van der Waals surface area contributed by atoms with Crippen molar-refractivity contribution in [2.24, 2.45) is 5.92 Å². The molecule has 0 saturated heterocycles. The SMILES string of the molecule is CC(C)CCN(C)Cc1nc(N)c2ccccc2n1. The van der Waals surface area contributed by atoms with Gasteiger partial charge in [-0.05, 0) is 38.1 Å². The van der Waals surface area contributed by atoms with Gasteiger partial charge in [-0.2, -0.15) is 0 Å². The smallest absolute Gasteiger partial charge is 0.145 e. The van der Waals surface area contributed by atoms with Crippen LogP contribution in [0.1, 0.15) is 26.1 Å². The minimum Gasteiger partial charge on any atom is -0.383 e. The van der Waals surface area contributed by atoms with Gasteiger partial charge in [0.15, 0.2) is 0 Å². The maximum absolute atomic E-state index is 5.99. The summed E-state index contributed by atoms with van der Waals surface area (Å²) in [6.45, 7) is 6.26. The zero-order valence-electron chi connectivity index (χ0n) is 11.9. The summed E-state index contributed by atoms with van der Waals surface area (Å²) in [5, 5.41) is 0.927. The standard InChI is InChI=1S/C15H22N4/c1-11(2)8-9-19(3)10-14-17-13-7-5-4-6-12(13)15(16)18-14/h4-7,11H,8-10H2,1-3H3,(H2,16,17,18). The van der Waals surface area contributed by atoms with E-state index in [2.05, 4.69) is 35.8 Å². The molecule has 1 heterocycles. The van der Waals surface area contributed by atoms with Crippen LogP contribution in [-0.2, 0) is 6.54 Å². The first-order chi connectivity index (χ1) is 9.06. The van der Waals surface area contributed by atoms with Crippen LogP contribution in [0.3, 0.4) is 0 Å². The molecule has 0 unspecified atom stereocenters. The van der Waals surface area contributed by atoms with Gasteiger partial charge in [0.25, 0.3) is 0 Å². The molecule has 0 aliphatic carbocycles. The Morgan fingerprint density at radius 3 is 2.68 bits per heavy atom. The van der Waals surface area contributed by atoms with Crippen molar-refractivity contribution in [3.63, 3.8) is 0 Å². The van der Waals surface area contributed by atoms with Gasteiger partial charge in [0.2, 0.25) is 0 Å². The molecular formula is C15H22N4. The summed E-state index contributed by atoms with van der Waals surface area (Å²) in [6.07, 6.45) is 1.18. The molecule has 0 bridgehead atoms. The maximum atomic E-state index is 5.99. The van der Waals surface area contributed by atoms with E-state index in [1.54, 1.807) is 0 Å². The predicted octanol–water partition coefficient (Wildman–Crippen LogP) is 2.69. The van der Waals surface area contributed by atoms with E-state index in [1.807, 2.05) is 24.3 Å². The molecule has 4 heteroatoms. The van der Waals surface area contributed by atoms with E-state index < -0.39 is 0 Å². The minimum absolute atomic E-state index is 0.567. The highest BCUT2D eigenvalue weighted by Gasteiger charge is 2.07. The molecular weight excluding hydrogens is 236 g/mol. The van der Waals surface area contributed by atoms with Crippen molar-refractivity contribution >= 4 is 16.7 Å². The second-order valence-electron chi connectivity index (χ2n) is 5.46. The lowest BCUT2D eigenvalue weighted by atomic mass is 10.1. The molecule has 2 aromatic rings. The minimum atomic E-state index is 0.567. The van der Waals surface area contributed by atoms with Crippen LogP contribution in [0.15, 0.2) is 24.3 Å². The fraction of sp³-hybridized carbons (Fsp3) is 0.467. The van der Waals surface area contributed by atoms with E-state index in [0.717, 1.165) is 29.8 Å². The Morgan fingerprint density at radius 1 is 1.21 bits per heavy atom. The molecule has 0 saturated carbocycles. The van der Waals surface area contributed by atoms with Crippen LogP contribution in [0.5, 0.6) is 0 Å². The summed E-state index contributed by atoms with van der Waals surface area (Å²) in [4.78, 5) is 11.2. The Balaban J connectivity index is 2.12. The molecule has 0 aliphatic heterocycles. The number of hydrogen-bond acceptors (Lipinski definition) is 4. The average molecular weight is 258 g/mol. The molecule has 0 fully saturated rings. The number of aromatic nitrogens is 2. The Hall–Kier alpha value is -1.68. The molecule has 2 rings (SSSR count). The molecule has 4 nitrogen and oxygen atoms in total. The second-order valence-corrected chi connectivity index (χ2v) is 5.46. The number of para-hydroxylation sites is 1. The highest BCUT2D eigenvalue weighted by atomic mass is 15.1. The summed E-state index contributed by atoms with van der Waals surface area (Å²) in [5.74, 6) is 2.07. The number of nitrogen functional groups attached to an aromatic ring is 1. The van der Waals surface area contributed by atoms with Crippen LogP contribution < -0.4 is 5.73 Å². The van der Waals surface area contributed by atoms with Crippen LogP contribution >= 0.6 is 0 Å². The van der Waals surface area contributed by atoms with Crippen LogP contribution in [0, 0.1) is 5.92 Å². The van der Waals surface area contributed by atoms with E-state index in [4.69, 9.17) is 5.73 Å². The molecule has 0 aliphatic rings. The highest BCUT2D eigenvalue weighted by molar-refractivity contribution is 5.87. The third kappa shape index (κ3) is 3.64. The molecule has 0 atom stereocenters. The molecule has 102 valence electrons. The van der Waals surface area contributed by atoms with E-state index in [-0.39, 0.29) is 0 Å². The van der Waals surface area contributed by atoms with E-state index in [9.17, 15) is 0 Å². The first kappa shape index (κ1) is 13.7. The normalized spacial score (nSPS) is 11.6. The number of rotatable bonds is 5. The van der Waals surface area contributed by atoms with Gasteiger partial charge >= 0.3 is 0 Å². The molecule has 1 aromatic carbocycles. The number of benzene rings is 1. The summed E-state index contributed by atoms with van der Waals surface area (Å²) in [7, 11) is 2.09. The van der Waals surface area contributed by atoms with Crippen molar-refractivity contribution in [3.05, 3.63) is 30.1 Å². The van der Waals surface area contributed by atoms with Crippen molar-refractivity contribution in [1.29, 1.82) is 0 Å². The third-order valence-electron chi connectivity index (χ3n) is 3.18. The van der Waals surface area contributed by atoms with Crippen LogP contribution in [-0.4, -0.2) is 28.5 Å². The zero-order chi connectivity index (χ0) is 13.8. The summed E-state index contributed by atoms with van der Waals surface area (Å²) in [5.41, 5.74) is 6.90. The lowest BCUT2D eigenvalue weighted by molar-refractivity contribution is 0.297. The predicted molar refractivity (Wildman–Crippen MR) is 79.7 cm³/mol. The van der Waals surface area contributed by atoms with E-state index in [0.29, 0.717) is 11.7 Å². The summed E-state index contributed by atoms with van der Waals surface area (Å²) in [6, 6.07) is 7.86. The maximum Gasteiger partial charge on any atom is 0.145 e. The topological polar surface area (TPSA) is 55.0 Å². The summed E-state index contributed by atoms with van der Waals surface area (Å²) >= 11 is 0. The second kappa shape index (κ2) is 5.97. The van der Waals surface area contributed by atoms with Crippen molar-refractivity contribution < 1.29 is 0 Å². The number of fused-ring (bicyclic) bond motifs is 1. The molecule has 19 heavy (non-hydrogen) atoms. The Labute approximate surface area is 114 Å². The molecule has 0 radical (unpaired) electrons. The lowest BCUT2D eigenvalue weighted by Crippen LogP contribution is -2.22. The number of nitrogens with two attached hydrogens (primary N) is 1. The Kier molecular flexibility index (Phi) is 4.32. The number of anilines is 1. The van der Waals surface area contributed by atoms with Crippen molar-refractivity contribution in [2.75, 3.05) is 19.3 Å². The Morgan fingerprint density at radius 2 is 1.95 bits per heavy atom. The van der Waals surface area contributed by atoms with Crippen LogP contribution in [0.4, 0.5) is 5.82 Å². The fourth-order valence-corrected chi connectivity index (χ4v) is 2.02. The van der Waals surface area contributed by atoms with Crippen LogP contribution in [0.2, 0.25) is 0 Å². The van der Waals surface area contributed by atoms with Gasteiger partial charge in [0.1, 0.15) is 11.6 Å². The average Bonchev–Trinajstić information content (AvgIpc) is 2.36. The Bertz CT molecular complexity index is 551. The molecule has 0 spiro atoms. The molecule has 2 N–H and O–H groups in total. The largest absolute Gasteiger partial charge is 0.383 e. The zero-order valence-corrected chi connectivity index (χ0v) is 11.9. The molecule has 0 amide bonds. The monoisotopic (exact) mass is 258 g/mol. The number of hydrogen-bond donors (Lipinski definition) is 1. The van der Waals surface area contributed by atoms with Gasteiger partial charge in [-0.15, -0.1) is 0 Å². The van der Waals surface area contributed by atoms with Gasteiger partial charge < -0.3 is 5.73 Å². The van der Waals surface area contributed by atoms with E-state index >= 15 is 0 Å². The summed E-state index contributed by atoms with van der Waals surface area (Å²) < 4.78 is 0. The van der Waals surface area contributed by atoms with Crippen molar-refractivity contribution in [2.45, 2.75) is 26.8 Å².